The van der Waals surface area contributed by atoms with Gasteiger partial charge in [-0.3, -0.25) is 0 Å². The summed E-state index contributed by atoms with van der Waals surface area (Å²) in [7, 11) is 3.06. The molecule has 0 aliphatic heterocycles. The minimum absolute atomic E-state index is 0.0129. The van der Waals surface area contributed by atoms with Gasteiger partial charge in [0.25, 0.3) is 0 Å². The van der Waals surface area contributed by atoms with E-state index in [4.69, 9.17) is 0 Å². The van der Waals surface area contributed by atoms with Crippen LogP contribution in [0, 0.1) is 0 Å². The Hall–Kier alpha value is -1.68. The first-order valence-electron chi connectivity index (χ1n) is 7.35. The first kappa shape index (κ1) is 21.6. The van der Waals surface area contributed by atoms with Crippen molar-refractivity contribution in [3.63, 3.8) is 0 Å². The molecule has 2 aromatic rings. The Kier molecular flexibility index (Phi) is 6.51. The van der Waals surface area contributed by atoms with Crippen LogP contribution in [0.5, 0.6) is 0 Å². The lowest BCUT2D eigenvalue weighted by molar-refractivity contribution is -0.143. The van der Waals surface area contributed by atoms with Crippen LogP contribution < -0.4 is 0 Å². The van der Waals surface area contributed by atoms with Gasteiger partial charge in [0.1, 0.15) is 5.04 Å². The predicted molar refractivity (Wildman–Crippen MR) is 96.7 cm³/mol. The van der Waals surface area contributed by atoms with Gasteiger partial charge in [0.05, 0.1) is 11.1 Å². The molecule has 0 fully saturated rings. The zero-order valence-corrected chi connectivity index (χ0v) is 16.4. The highest BCUT2D eigenvalue weighted by Gasteiger charge is 2.37. The molecule has 0 aliphatic carbocycles. The highest BCUT2D eigenvalue weighted by molar-refractivity contribution is 9.10. The molecular weight excluding hydrogens is 458 g/mol. The molecule has 2 nitrogen and oxygen atoms in total. The van der Waals surface area contributed by atoms with Gasteiger partial charge in [0.2, 0.25) is 0 Å². The van der Waals surface area contributed by atoms with E-state index >= 15 is 0 Å². The average molecular weight is 471 g/mol. The topological polar surface area (TPSA) is 15.6 Å². The first-order chi connectivity index (χ1) is 12.4. The minimum atomic E-state index is -4.92. The Labute approximate surface area is 164 Å². The normalized spacial score (nSPS) is 13.0. The molecule has 0 spiro atoms. The molecule has 27 heavy (non-hydrogen) atoms. The van der Waals surface area contributed by atoms with Crippen LogP contribution in [0.25, 0.3) is 0 Å². The molecule has 0 aromatic heterocycles. The van der Waals surface area contributed by atoms with Crippen molar-refractivity contribution in [3.05, 3.63) is 63.6 Å². The van der Waals surface area contributed by atoms with Gasteiger partial charge in [-0.05, 0) is 42.5 Å². The van der Waals surface area contributed by atoms with Gasteiger partial charge in [-0.2, -0.15) is 31.4 Å². The molecule has 2 rings (SSSR count). The Bertz CT molecular complexity index is 797. The molecule has 0 bridgehead atoms. The average Bonchev–Trinajstić information content (AvgIpc) is 2.54. The number of benzene rings is 2. The van der Waals surface area contributed by atoms with Crippen molar-refractivity contribution in [1.82, 2.24) is 5.01 Å². The van der Waals surface area contributed by atoms with E-state index in [1.807, 2.05) is 0 Å². The second-order valence-electron chi connectivity index (χ2n) is 5.60. The van der Waals surface area contributed by atoms with Gasteiger partial charge < -0.3 is 5.01 Å². The smallest absolute Gasteiger partial charge is 0.302 e. The lowest BCUT2D eigenvalue weighted by Gasteiger charge is -2.16. The number of halogens is 7. The highest BCUT2D eigenvalue weighted by atomic mass is 79.9. The van der Waals surface area contributed by atoms with Gasteiger partial charge >= 0.3 is 12.4 Å². The van der Waals surface area contributed by atoms with E-state index in [9.17, 15) is 26.3 Å². The van der Waals surface area contributed by atoms with Crippen molar-refractivity contribution in [2.24, 2.45) is 5.10 Å². The molecule has 0 unspecified atom stereocenters. The fraction of sp³-hybridized carbons (Fsp3) is 0.235. The quantitative estimate of drug-likeness (QED) is 0.167. The fourth-order valence-electron chi connectivity index (χ4n) is 2.01. The van der Waals surface area contributed by atoms with Crippen molar-refractivity contribution in [2.75, 3.05) is 14.1 Å². The Morgan fingerprint density at radius 1 is 0.889 bits per heavy atom. The van der Waals surface area contributed by atoms with Crippen LogP contribution in [0.2, 0.25) is 0 Å². The van der Waals surface area contributed by atoms with Crippen molar-refractivity contribution >= 4 is 32.7 Å². The van der Waals surface area contributed by atoms with E-state index in [1.54, 1.807) is 24.3 Å². The Morgan fingerprint density at radius 3 is 1.78 bits per heavy atom. The standard InChI is InChI=1S/C17H13BrF6N2S/c1-26(2)25-15(27-14-5-3-13(18)4-6-14)10-7-11(16(19,20)21)9-12(8-10)17(22,23)24/h3-9H,1-2H3/b25-15+. The number of nitrogens with zero attached hydrogens (tertiary/aromatic N) is 2. The summed E-state index contributed by atoms with van der Waals surface area (Å²) in [5.41, 5.74) is -3.02. The summed E-state index contributed by atoms with van der Waals surface area (Å²) in [6, 6.07) is 8.22. The number of thioether (sulfide) groups is 1. The molecule has 0 saturated heterocycles. The van der Waals surface area contributed by atoms with Crippen LogP contribution in [0.1, 0.15) is 16.7 Å². The lowest BCUT2D eigenvalue weighted by atomic mass is 10.1. The number of hydrazone groups is 1. The van der Waals surface area contributed by atoms with E-state index in [-0.39, 0.29) is 16.7 Å². The summed E-state index contributed by atoms with van der Waals surface area (Å²) in [5.74, 6) is 0. The summed E-state index contributed by atoms with van der Waals surface area (Å²) in [6.45, 7) is 0. The van der Waals surface area contributed by atoms with Gasteiger partial charge in [0.15, 0.2) is 0 Å². The maximum absolute atomic E-state index is 13.1. The molecule has 2 aromatic carbocycles. The monoisotopic (exact) mass is 470 g/mol. The van der Waals surface area contributed by atoms with E-state index in [2.05, 4.69) is 21.0 Å². The number of rotatable bonds is 3. The van der Waals surface area contributed by atoms with Crippen molar-refractivity contribution in [1.29, 1.82) is 0 Å². The SMILES string of the molecule is CN(C)/N=C(/Sc1ccc(Br)cc1)c1cc(C(F)(F)F)cc(C(F)(F)F)c1. The largest absolute Gasteiger partial charge is 0.416 e. The molecule has 0 atom stereocenters. The second-order valence-corrected chi connectivity index (χ2v) is 7.58. The minimum Gasteiger partial charge on any atom is -0.302 e. The molecule has 0 N–H and O–H groups in total. The van der Waals surface area contributed by atoms with E-state index < -0.39 is 23.5 Å². The molecule has 0 amide bonds. The Balaban J connectivity index is 2.58. The van der Waals surface area contributed by atoms with Crippen LogP contribution in [0.15, 0.2) is 56.9 Å². The van der Waals surface area contributed by atoms with Gasteiger partial charge in [-0.1, -0.05) is 27.7 Å². The third kappa shape index (κ3) is 6.17. The molecule has 0 heterocycles. The highest BCUT2D eigenvalue weighted by Crippen LogP contribution is 2.37. The number of alkyl halides is 6. The lowest BCUT2D eigenvalue weighted by Crippen LogP contribution is -2.14. The van der Waals surface area contributed by atoms with Crippen molar-refractivity contribution in [2.45, 2.75) is 17.2 Å². The maximum atomic E-state index is 13.1. The fourth-order valence-corrected chi connectivity index (χ4v) is 3.21. The van der Waals surface area contributed by atoms with Gasteiger partial charge in [-0.25, -0.2) is 0 Å². The number of hydrogen-bond donors (Lipinski definition) is 0. The molecular formula is C17H13BrF6N2S. The summed E-state index contributed by atoms with van der Waals surface area (Å²) in [4.78, 5) is 0.616. The molecule has 0 radical (unpaired) electrons. The third-order valence-corrected chi connectivity index (χ3v) is 4.70. The third-order valence-electron chi connectivity index (χ3n) is 3.15. The van der Waals surface area contributed by atoms with E-state index in [0.29, 0.717) is 17.0 Å². The second kappa shape index (κ2) is 8.14. The molecule has 146 valence electrons. The van der Waals surface area contributed by atoms with Gasteiger partial charge in [0, 0.05) is 29.0 Å². The zero-order chi connectivity index (χ0) is 20.4. The summed E-state index contributed by atoms with van der Waals surface area (Å²) >= 11 is 4.23. The van der Waals surface area contributed by atoms with Crippen LogP contribution in [-0.2, 0) is 12.4 Å². The maximum Gasteiger partial charge on any atom is 0.416 e. The van der Waals surface area contributed by atoms with Crippen LogP contribution in [-0.4, -0.2) is 24.1 Å². The molecule has 0 saturated carbocycles. The van der Waals surface area contributed by atoms with Crippen LogP contribution in [0.4, 0.5) is 26.3 Å². The van der Waals surface area contributed by atoms with E-state index in [1.165, 1.54) is 19.1 Å². The van der Waals surface area contributed by atoms with Crippen molar-refractivity contribution < 1.29 is 26.3 Å². The molecule has 10 heteroatoms. The molecule has 0 aliphatic rings. The first-order valence-corrected chi connectivity index (χ1v) is 8.96. The zero-order valence-electron chi connectivity index (χ0n) is 14.0. The summed E-state index contributed by atoms with van der Waals surface area (Å²) in [5, 5.41) is 5.40. The van der Waals surface area contributed by atoms with Crippen LogP contribution in [0.3, 0.4) is 0 Å². The van der Waals surface area contributed by atoms with Crippen molar-refractivity contribution in [3.8, 4) is 0 Å². The van der Waals surface area contributed by atoms with Gasteiger partial charge in [-0.15, -0.1) is 0 Å². The van der Waals surface area contributed by atoms with Crippen LogP contribution >= 0.6 is 27.7 Å². The van der Waals surface area contributed by atoms with E-state index in [0.717, 1.165) is 16.2 Å². The summed E-state index contributed by atoms with van der Waals surface area (Å²) < 4.78 is 79.4. The number of hydrogen-bond acceptors (Lipinski definition) is 3. The Morgan fingerprint density at radius 2 is 1.37 bits per heavy atom. The predicted octanol–water partition coefficient (Wildman–Crippen LogP) is 6.50. The summed E-state index contributed by atoms with van der Waals surface area (Å²) in [6.07, 6.45) is -9.83.